The molecule has 0 fully saturated rings. The molecule has 14 heteroatoms. The Morgan fingerprint density at radius 2 is 0.833 bits per heavy atom. The fourth-order valence-electron chi connectivity index (χ4n) is 1.19. The van der Waals surface area contributed by atoms with Crippen molar-refractivity contribution in [3.63, 3.8) is 0 Å². The molecule has 1 atom stereocenters. The first-order valence-corrected chi connectivity index (χ1v) is 5.62. The molecule has 0 bridgehead atoms. The predicted molar refractivity (Wildman–Crippen MR) is 51.3 cm³/mol. The number of hydrogen-bond donors (Lipinski definition) is 0. The lowest BCUT2D eigenvalue weighted by Crippen LogP contribution is -2.67. The topological polar surface area (TPSA) is 9.23 Å². The molecule has 1 nitrogen and oxygen atoms in total. The average molecular weight is 392 g/mol. The quantitative estimate of drug-likeness (QED) is 0.558. The van der Waals surface area contributed by atoms with E-state index >= 15 is 0 Å². The van der Waals surface area contributed by atoms with Crippen LogP contribution < -0.4 is 0 Å². The van der Waals surface area contributed by atoms with E-state index < -0.39 is 41.6 Å². The molecule has 24 heavy (non-hydrogen) atoms. The molecule has 0 radical (unpaired) electrons. The zero-order chi connectivity index (χ0) is 20.2. The van der Waals surface area contributed by atoms with Crippen molar-refractivity contribution in [2.24, 2.45) is 5.41 Å². The highest BCUT2D eigenvalue weighted by Gasteiger charge is 2.84. The third-order valence-corrected chi connectivity index (χ3v) is 2.70. The molecule has 0 aliphatic rings. The van der Waals surface area contributed by atoms with Gasteiger partial charge in [0.05, 0.1) is 0 Å². The molecule has 0 spiro atoms. The maximum atomic E-state index is 13.7. The Morgan fingerprint density at radius 1 is 0.500 bits per heavy atom. The van der Waals surface area contributed by atoms with Crippen molar-refractivity contribution < 1.29 is 61.8 Å². The minimum absolute atomic E-state index is 0.191. The van der Waals surface area contributed by atoms with E-state index in [1.165, 1.54) is 0 Å². The zero-order valence-electron chi connectivity index (χ0n) is 11.8. The summed E-state index contributed by atoms with van der Waals surface area (Å²) in [4.78, 5) is 0. The second-order valence-corrected chi connectivity index (χ2v) is 5.61. The Labute approximate surface area is 125 Å². The van der Waals surface area contributed by atoms with Gasteiger partial charge in [0.15, 0.2) is 0 Å². The van der Waals surface area contributed by atoms with Crippen molar-refractivity contribution in [3.8, 4) is 0 Å². The van der Waals surface area contributed by atoms with Gasteiger partial charge in [0.1, 0.15) is 0 Å². The fraction of sp³-hybridized carbons (Fsp3) is 1.00. The molecule has 146 valence electrons. The second kappa shape index (κ2) is 5.53. The van der Waals surface area contributed by atoms with E-state index in [-0.39, 0.29) is 20.8 Å². The number of ether oxygens (including phenoxy) is 1. The van der Waals surface area contributed by atoms with Crippen LogP contribution in [-0.4, -0.2) is 36.2 Å². The maximum Gasteiger partial charge on any atom is 0.462 e. The summed E-state index contributed by atoms with van der Waals surface area (Å²) < 4.78 is 167. The Bertz CT molecular complexity index is 455. The molecular formula is C10H9F13O. The van der Waals surface area contributed by atoms with Crippen LogP contribution in [0.4, 0.5) is 57.1 Å². The third-order valence-electron chi connectivity index (χ3n) is 2.70. The first kappa shape index (κ1) is 23.1. The van der Waals surface area contributed by atoms with Crippen LogP contribution in [0.1, 0.15) is 20.8 Å². The lowest BCUT2D eigenvalue weighted by molar-refractivity contribution is -0.515. The Morgan fingerprint density at radius 3 is 1.04 bits per heavy atom. The molecular weight excluding hydrogens is 383 g/mol. The van der Waals surface area contributed by atoms with Gasteiger partial charge in [-0.05, 0) is 0 Å². The molecule has 0 aliphatic heterocycles. The van der Waals surface area contributed by atoms with Crippen LogP contribution in [0.2, 0.25) is 0 Å². The van der Waals surface area contributed by atoms with E-state index in [0.717, 1.165) is 0 Å². The van der Waals surface area contributed by atoms with Crippen molar-refractivity contribution in [1.82, 2.24) is 0 Å². The summed E-state index contributed by atoms with van der Waals surface area (Å²) in [6, 6.07) is 0. The Kier molecular flexibility index (Phi) is 5.31. The van der Waals surface area contributed by atoms with Gasteiger partial charge in [-0.3, -0.25) is 4.74 Å². The van der Waals surface area contributed by atoms with Crippen LogP contribution in [-0.2, 0) is 4.74 Å². The van der Waals surface area contributed by atoms with Crippen molar-refractivity contribution in [1.29, 1.82) is 0 Å². The van der Waals surface area contributed by atoms with E-state index in [4.69, 9.17) is 0 Å². The van der Waals surface area contributed by atoms with Gasteiger partial charge in [0, 0.05) is 5.41 Å². The molecule has 0 rings (SSSR count). The summed E-state index contributed by atoms with van der Waals surface area (Å²) in [6.07, 6.45) is -21.6. The van der Waals surface area contributed by atoms with Crippen LogP contribution in [0.3, 0.4) is 0 Å². The highest BCUT2D eigenvalue weighted by Crippen LogP contribution is 2.58. The van der Waals surface area contributed by atoms with Crippen molar-refractivity contribution in [3.05, 3.63) is 0 Å². The minimum Gasteiger partial charge on any atom is -0.265 e. The number of hydrogen-bond acceptors (Lipinski definition) is 1. The molecule has 0 saturated carbocycles. The summed E-state index contributed by atoms with van der Waals surface area (Å²) in [5.74, 6) is -20.2. The van der Waals surface area contributed by atoms with E-state index in [2.05, 4.69) is 0 Å². The number of rotatable bonds is 4. The average Bonchev–Trinajstić information content (AvgIpc) is 2.22. The summed E-state index contributed by atoms with van der Waals surface area (Å²) in [5, 5.41) is 0. The fourth-order valence-corrected chi connectivity index (χ4v) is 1.19. The number of halogens is 13. The van der Waals surface area contributed by atoms with Crippen molar-refractivity contribution in [2.45, 2.75) is 56.9 Å². The van der Waals surface area contributed by atoms with E-state index in [1.807, 2.05) is 4.74 Å². The van der Waals surface area contributed by atoms with E-state index in [0.29, 0.717) is 0 Å². The van der Waals surface area contributed by atoms with Gasteiger partial charge in [-0.2, -0.15) is 57.1 Å². The second-order valence-electron chi connectivity index (χ2n) is 5.61. The molecule has 0 saturated heterocycles. The molecule has 0 heterocycles. The lowest BCUT2D eigenvalue weighted by atomic mass is 9.83. The predicted octanol–water partition coefficient (Wildman–Crippen LogP) is 5.70. The zero-order valence-corrected chi connectivity index (χ0v) is 11.8. The number of alkyl halides is 13. The monoisotopic (exact) mass is 392 g/mol. The summed E-state index contributed by atoms with van der Waals surface area (Å²) in [7, 11) is 0. The molecule has 0 aliphatic carbocycles. The van der Waals surface area contributed by atoms with Gasteiger partial charge in [-0.25, -0.2) is 0 Å². The molecule has 1 unspecified atom stereocenters. The van der Waals surface area contributed by atoms with Crippen LogP contribution >= 0.6 is 0 Å². The van der Waals surface area contributed by atoms with Crippen LogP contribution in [0.5, 0.6) is 0 Å². The van der Waals surface area contributed by atoms with Gasteiger partial charge in [-0.15, -0.1) is 0 Å². The van der Waals surface area contributed by atoms with Gasteiger partial charge in [-0.1, -0.05) is 20.8 Å². The Hall–Kier alpha value is -0.950. The summed E-state index contributed by atoms with van der Waals surface area (Å²) >= 11 is 0. The lowest BCUT2D eigenvalue weighted by Gasteiger charge is -2.43. The standard InChI is InChI=1S/C10H9F13O/c1-4(2,3)5(11,12)7(15,9(19,20)21)24-10(22,23)6(13,14)8(16,17)18/h1-3H3. The van der Waals surface area contributed by atoms with Crippen LogP contribution in [0.25, 0.3) is 0 Å². The third kappa shape index (κ3) is 3.38. The smallest absolute Gasteiger partial charge is 0.265 e. The summed E-state index contributed by atoms with van der Waals surface area (Å²) in [5.41, 5.74) is -3.15. The molecule has 0 aromatic rings. The molecule has 0 aromatic heterocycles. The van der Waals surface area contributed by atoms with Gasteiger partial charge < -0.3 is 0 Å². The highest BCUT2D eigenvalue weighted by molar-refractivity contribution is 5.01. The molecule has 0 amide bonds. The van der Waals surface area contributed by atoms with Gasteiger partial charge >= 0.3 is 36.2 Å². The van der Waals surface area contributed by atoms with Crippen molar-refractivity contribution in [2.75, 3.05) is 0 Å². The first-order chi connectivity index (χ1) is 9.96. The maximum absolute atomic E-state index is 13.7. The minimum atomic E-state index is -7.38. The largest absolute Gasteiger partial charge is 0.462 e. The van der Waals surface area contributed by atoms with Gasteiger partial charge in [0.2, 0.25) is 0 Å². The van der Waals surface area contributed by atoms with Crippen molar-refractivity contribution >= 4 is 0 Å². The molecule has 0 aromatic carbocycles. The Balaban J connectivity index is 6.31. The summed E-state index contributed by atoms with van der Waals surface area (Å²) in [6.45, 7) is 0.573. The van der Waals surface area contributed by atoms with Crippen LogP contribution in [0, 0.1) is 5.41 Å². The van der Waals surface area contributed by atoms with Gasteiger partial charge in [0.25, 0.3) is 0 Å². The first-order valence-electron chi connectivity index (χ1n) is 5.62. The SMILES string of the molecule is CC(C)(C)C(F)(F)C(F)(OC(F)(F)C(F)(F)C(F)(F)F)C(F)(F)F. The van der Waals surface area contributed by atoms with E-state index in [1.54, 1.807) is 0 Å². The van der Waals surface area contributed by atoms with E-state index in [9.17, 15) is 57.1 Å². The highest BCUT2D eigenvalue weighted by atomic mass is 19.4. The molecule has 0 N–H and O–H groups in total. The normalized spacial score (nSPS) is 18.5. The van der Waals surface area contributed by atoms with Crippen LogP contribution in [0.15, 0.2) is 0 Å².